The highest BCUT2D eigenvalue weighted by Gasteiger charge is 2.54. The maximum atomic E-state index is 13.3. The van der Waals surface area contributed by atoms with Crippen molar-refractivity contribution in [1.29, 1.82) is 0 Å². The lowest BCUT2D eigenvalue weighted by Crippen LogP contribution is -2.46. The summed E-state index contributed by atoms with van der Waals surface area (Å²) in [6.45, 7) is 2.38. The third-order valence-electron chi connectivity index (χ3n) is 8.71. The molecule has 196 valence electrons. The van der Waals surface area contributed by atoms with Gasteiger partial charge in [0, 0.05) is 27.9 Å². The van der Waals surface area contributed by atoms with E-state index in [2.05, 4.69) is 47.9 Å². The van der Waals surface area contributed by atoms with Gasteiger partial charge >= 0.3 is 5.97 Å². The average Bonchev–Trinajstić information content (AvgIpc) is 3.26. The van der Waals surface area contributed by atoms with Crippen LogP contribution in [0, 0.1) is 5.41 Å². The normalized spacial score (nSPS) is 21.1. The monoisotopic (exact) mass is 516 g/mol. The van der Waals surface area contributed by atoms with Crippen molar-refractivity contribution in [3.63, 3.8) is 0 Å². The molecule has 2 unspecified atom stereocenters. The van der Waals surface area contributed by atoms with Crippen molar-refractivity contribution < 1.29 is 14.3 Å². The first kappa shape index (κ1) is 23.8. The maximum absolute atomic E-state index is 13.3. The number of carbonyl (C=O) groups is 1. The van der Waals surface area contributed by atoms with E-state index in [9.17, 15) is 4.79 Å². The van der Waals surface area contributed by atoms with E-state index in [1.165, 1.54) is 19.3 Å². The second-order valence-electron chi connectivity index (χ2n) is 11.2. The molecule has 0 aromatic heterocycles. The minimum absolute atomic E-state index is 0.0294. The third kappa shape index (κ3) is 3.79. The average molecular weight is 517 g/mol. The van der Waals surface area contributed by atoms with Crippen molar-refractivity contribution in [3.05, 3.63) is 119 Å². The molecule has 5 nitrogen and oxygen atoms in total. The molecule has 7 rings (SSSR count). The van der Waals surface area contributed by atoms with Crippen molar-refractivity contribution in [2.75, 3.05) is 10.6 Å². The lowest BCUT2D eigenvalue weighted by atomic mass is 9.72. The Balaban J connectivity index is 1.40. The van der Waals surface area contributed by atoms with Crippen molar-refractivity contribution in [1.82, 2.24) is 0 Å². The Kier molecular flexibility index (Phi) is 5.62. The zero-order chi connectivity index (χ0) is 26.5. The summed E-state index contributed by atoms with van der Waals surface area (Å²) >= 11 is 0. The van der Waals surface area contributed by atoms with E-state index in [1.54, 1.807) is 0 Å². The molecule has 0 radical (unpaired) electrons. The molecule has 4 aromatic rings. The Labute approximate surface area is 229 Å². The molecule has 1 aliphatic carbocycles. The SMILES string of the molecule is CC1(C(Nc2ccccc2)Nc2cccc3c2C2(OC(=O)c4ccccc42)c2ccccc2O3)CCCCC1. The highest BCUT2D eigenvalue weighted by molar-refractivity contribution is 5.97. The van der Waals surface area contributed by atoms with Gasteiger partial charge in [-0.1, -0.05) is 86.8 Å². The molecule has 1 fully saturated rings. The summed E-state index contributed by atoms with van der Waals surface area (Å²) < 4.78 is 12.9. The minimum Gasteiger partial charge on any atom is -0.456 e. The van der Waals surface area contributed by atoms with E-state index in [1.807, 2.05) is 66.7 Å². The quantitative estimate of drug-likeness (QED) is 0.207. The van der Waals surface area contributed by atoms with Gasteiger partial charge in [-0.15, -0.1) is 0 Å². The largest absolute Gasteiger partial charge is 0.456 e. The van der Waals surface area contributed by atoms with Crippen molar-refractivity contribution in [3.8, 4) is 11.5 Å². The first-order valence-electron chi connectivity index (χ1n) is 13.9. The number of ether oxygens (including phenoxy) is 2. The van der Waals surface area contributed by atoms with Crippen LogP contribution in [0.4, 0.5) is 11.4 Å². The van der Waals surface area contributed by atoms with Crippen molar-refractivity contribution in [2.24, 2.45) is 5.41 Å². The molecule has 5 heteroatoms. The number of hydrogen-bond donors (Lipinski definition) is 2. The number of esters is 1. The summed E-state index contributed by atoms with van der Waals surface area (Å²) in [6.07, 6.45) is 5.90. The Hall–Kier alpha value is -4.25. The summed E-state index contributed by atoms with van der Waals surface area (Å²) in [7, 11) is 0. The predicted octanol–water partition coefficient (Wildman–Crippen LogP) is 8.08. The molecular formula is C34H32N2O3. The number of rotatable bonds is 5. The van der Waals surface area contributed by atoms with Crippen molar-refractivity contribution >= 4 is 17.3 Å². The fraction of sp³-hybridized carbons (Fsp3) is 0.265. The number of anilines is 2. The second-order valence-corrected chi connectivity index (χ2v) is 11.2. The van der Waals surface area contributed by atoms with E-state index in [0.717, 1.165) is 40.9 Å². The van der Waals surface area contributed by atoms with Crippen LogP contribution < -0.4 is 15.4 Å². The van der Waals surface area contributed by atoms with Crippen LogP contribution in [0.15, 0.2) is 97.1 Å². The van der Waals surface area contributed by atoms with Crippen LogP contribution in [0.1, 0.15) is 66.1 Å². The van der Waals surface area contributed by atoms with Gasteiger partial charge in [-0.05, 0) is 49.2 Å². The van der Waals surface area contributed by atoms with Crippen LogP contribution in [-0.2, 0) is 10.3 Å². The Bertz CT molecular complexity index is 1540. The van der Waals surface area contributed by atoms with Crippen LogP contribution in [0.2, 0.25) is 0 Å². The van der Waals surface area contributed by atoms with Crippen LogP contribution >= 0.6 is 0 Å². The van der Waals surface area contributed by atoms with Gasteiger partial charge in [0.25, 0.3) is 0 Å². The van der Waals surface area contributed by atoms with Gasteiger partial charge in [0.2, 0.25) is 0 Å². The Morgan fingerprint density at radius 2 is 1.41 bits per heavy atom. The molecule has 2 aliphatic heterocycles. The molecule has 1 spiro atoms. The lowest BCUT2D eigenvalue weighted by Gasteiger charge is -2.44. The van der Waals surface area contributed by atoms with Gasteiger partial charge in [-0.25, -0.2) is 4.79 Å². The molecule has 2 atom stereocenters. The van der Waals surface area contributed by atoms with Crippen molar-refractivity contribution in [2.45, 2.75) is 50.8 Å². The number of nitrogens with one attached hydrogen (secondary N) is 2. The molecule has 0 saturated heterocycles. The molecule has 2 heterocycles. The van der Waals surface area contributed by atoms with E-state index in [4.69, 9.17) is 9.47 Å². The fourth-order valence-corrected chi connectivity index (χ4v) is 6.69. The predicted molar refractivity (Wildman–Crippen MR) is 153 cm³/mol. The maximum Gasteiger partial charge on any atom is 0.340 e. The third-order valence-corrected chi connectivity index (χ3v) is 8.71. The van der Waals surface area contributed by atoms with Crippen LogP contribution in [0.5, 0.6) is 11.5 Å². The van der Waals surface area contributed by atoms with E-state index >= 15 is 0 Å². The summed E-state index contributed by atoms with van der Waals surface area (Å²) in [4.78, 5) is 13.3. The first-order chi connectivity index (χ1) is 19.1. The van der Waals surface area contributed by atoms with Gasteiger partial charge in [0.05, 0.1) is 11.1 Å². The van der Waals surface area contributed by atoms with E-state index in [0.29, 0.717) is 17.1 Å². The summed E-state index contributed by atoms with van der Waals surface area (Å²) in [5.74, 6) is 1.07. The van der Waals surface area contributed by atoms with E-state index < -0.39 is 5.60 Å². The summed E-state index contributed by atoms with van der Waals surface area (Å²) in [5, 5.41) is 7.72. The van der Waals surface area contributed by atoms with Crippen LogP contribution in [0.3, 0.4) is 0 Å². The molecule has 2 N–H and O–H groups in total. The van der Waals surface area contributed by atoms with Gasteiger partial charge < -0.3 is 20.1 Å². The Morgan fingerprint density at radius 1 is 0.718 bits per heavy atom. The molecule has 0 amide bonds. The number of hydrogen-bond acceptors (Lipinski definition) is 5. The lowest BCUT2D eigenvalue weighted by molar-refractivity contribution is 0.0226. The van der Waals surface area contributed by atoms with Crippen LogP contribution in [0.25, 0.3) is 0 Å². The Morgan fingerprint density at radius 3 is 2.23 bits per heavy atom. The standard InChI is InChI=1S/C34H32N2O3/c1-33(21-10-3-11-22-33)32(35-23-13-4-2-5-14-23)36-27-18-12-20-29-30(27)34(26-17-8-9-19-28(26)38-29)25-16-7-6-15-24(25)31(37)39-34/h2,4-9,12-20,32,35-36H,3,10-11,21-22H2,1H3. The molecule has 4 aromatic carbocycles. The first-order valence-corrected chi connectivity index (χ1v) is 13.9. The van der Waals surface area contributed by atoms with Crippen LogP contribution in [-0.4, -0.2) is 12.1 Å². The number of carbonyl (C=O) groups excluding carboxylic acids is 1. The van der Waals surface area contributed by atoms with Gasteiger partial charge in [0.15, 0.2) is 5.60 Å². The highest BCUT2D eigenvalue weighted by atomic mass is 16.6. The zero-order valence-corrected chi connectivity index (χ0v) is 22.1. The smallest absolute Gasteiger partial charge is 0.340 e. The number of para-hydroxylation sites is 2. The minimum atomic E-state index is -1.10. The molecular weight excluding hydrogens is 484 g/mol. The van der Waals surface area contributed by atoms with Gasteiger partial charge in [0.1, 0.15) is 17.7 Å². The topological polar surface area (TPSA) is 59.6 Å². The zero-order valence-electron chi connectivity index (χ0n) is 22.1. The second kappa shape index (κ2) is 9.19. The van der Waals surface area contributed by atoms with Gasteiger partial charge in [-0.2, -0.15) is 0 Å². The molecule has 39 heavy (non-hydrogen) atoms. The van der Waals surface area contributed by atoms with Gasteiger partial charge in [-0.3, -0.25) is 0 Å². The highest BCUT2D eigenvalue weighted by Crippen LogP contribution is 2.58. The number of benzene rings is 4. The summed E-state index contributed by atoms with van der Waals surface area (Å²) in [5.41, 5.74) is 3.99. The number of fused-ring (bicyclic) bond motifs is 6. The molecule has 0 bridgehead atoms. The molecule has 3 aliphatic rings. The summed E-state index contributed by atoms with van der Waals surface area (Å²) in [6, 6.07) is 32.0. The molecule has 1 saturated carbocycles. The van der Waals surface area contributed by atoms with E-state index in [-0.39, 0.29) is 17.6 Å². The fourth-order valence-electron chi connectivity index (χ4n) is 6.69.